The Hall–Kier alpha value is -2.62. The molecule has 0 N–H and O–H groups in total. The smallest absolute Gasteiger partial charge is 0.262 e. The number of carbonyl (C=O) groups is 1. The maximum Gasteiger partial charge on any atom is 0.262 e. The first-order valence-electron chi connectivity index (χ1n) is 10.6. The largest absolute Gasteiger partial charge is 0.299 e. The molecular formula is C26H27ClN2O. The minimum Gasteiger partial charge on any atom is -0.299 e. The van der Waals surface area contributed by atoms with E-state index >= 15 is 0 Å². The molecule has 1 saturated heterocycles. The topological polar surface area (TPSA) is 23.6 Å². The molecule has 2 aliphatic rings. The summed E-state index contributed by atoms with van der Waals surface area (Å²) in [7, 11) is 0. The Kier molecular flexibility index (Phi) is 6.21. The molecule has 4 heteroatoms. The number of halogens is 1. The van der Waals surface area contributed by atoms with Crippen LogP contribution in [0.15, 0.2) is 72.8 Å². The van der Waals surface area contributed by atoms with Gasteiger partial charge in [-0.2, -0.15) is 0 Å². The highest BCUT2D eigenvalue weighted by Gasteiger charge is 2.26. The molecule has 0 atom stereocenters. The quantitative estimate of drug-likeness (QED) is 0.538. The van der Waals surface area contributed by atoms with Crippen LogP contribution < -0.4 is 4.90 Å². The molecule has 1 fully saturated rings. The van der Waals surface area contributed by atoms with Gasteiger partial charge in [-0.3, -0.25) is 14.6 Å². The number of amides is 1. The first kappa shape index (κ1) is 20.6. The number of rotatable bonds is 3. The Morgan fingerprint density at radius 3 is 1.83 bits per heavy atom. The van der Waals surface area contributed by atoms with Crippen molar-refractivity contribution >= 4 is 29.7 Å². The zero-order chi connectivity index (χ0) is 19.6. The Labute approximate surface area is 184 Å². The van der Waals surface area contributed by atoms with Crippen molar-refractivity contribution in [1.29, 1.82) is 0 Å². The van der Waals surface area contributed by atoms with E-state index in [-0.39, 0.29) is 18.3 Å². The second kappa shape index (κ2) is 9.03. The van der Waals surface area contributed by atoms with Gasteiger partial charge in [0.25, 0.3) is 5.91 Å². The SMILES string of the molecule is Cl.O=C(c1ccc(CN2CCCC2)cc1)N1c2ccccc2CCc2ccccc21. The molecule has 5 rings (SSSR count). The lowest BCUT2D eigenvalue weighted by Gasteiger charge is -2.25. The lowest BCUT2D eigenvalue weighted by atomic mass is 10.0. The Morgan fingerprint density at radius 1 is 0.733 bits per heavy atom. The summed E-state index contributed by atoms with van der Waals surface area (Å²) < 4.78 is 0. The van der Waals surface area contributed by atoms with Gasteiger partial charge >= 0.3 is 0 Å². The molecule has 3 aromatic carbocycles. The van der Waals surface area contributed by atoms with Crippen LogP contribution in [-0.2, 0) is 19.4 Å². The van der Waals surface area contributed by atoms with Crippen molar-refractivity contribution < 1.29 is 4.79 Å². The summed E-state index contributed by atoms with van der Waals surface area (Å²) in [6.45, 7) is 3.34. The van der Waals surface area contributed by atoms with Crippen molar-refractivity contribution in [3.63, 3.8) is 0 Å². The molecular weight excluding hydrogens is 392 g/mol. The number of aryl methyl sites for hydroxylation is 2. The van der Waals surface area contributed by atoms with Gasteiger partial charge < -0.3 is 0 Å². The van der Waals surface area contributed by atoms with Crippen LogP contribution in [0.2, 0.25) is 0 Å². The van der Waals surface area contributed by atoms with Crippen LogP contribution in [-0.4, -0.2) is 23.9 Å². The van der Waals surface area contributed by atoms with Crippen LogP contribution in [0.1, 0.15) is 39.9 Å². The predicted octanol–water partition coefficient (Wildman–Crippen LogP) is 5.78. The second-order valence-electron chi connectivity index (χ2n) is 8.08. The number of fused-ring (bicyclic) bond motifs is 2. The van der Waals surface area contributed by atoms with E-state index in [1.165, 1.54) is 42.6 Å². The molecule has 1 amide bonds. The third kappa shape index (κ3) is 4.00. The zero-order valence-electron chi connectivity index (χ0n) is 17.1. The van der Waals surface area contributed by atoms with Crippen molar-refractivity contribution in [2.45, 2.75) is 32.2 Å². The van der Waals surface area contributed by atoms with Crippen molar-refractivity contribution in [2.75, 3.05) is 18.0 Å². The average molecular weight is 419 g/mol. The van der Waals surface area contributed by atoms with Crippen LogP contribution in [0.25, 0.3) is 0 Å². The summed E-state index contributed by atoms with van der Waals surface area (Å²) in [5.74, 6) is 0.0412. The van der Waals surface area contributed by atoms with Crippen molar-refractivity contribution in [1.82, 2.24) is 4.90 Å². The van der Waals surface area contributed by atoms with Gasteiger partial charge in [0.2, 0.25) is 0 Å². The molecule has 154 valence electrons. The zero-order valence-corrected chi connectivity index (χ0v) is 17.9. The molecule has 3 nitrogen and oxygen atoms in total. The number of carbonyl (C=O) groups excluding carboxylic acids is 1. The average Bonchev–Trinajstić information content (AvgIpc) is 3.21. The Morgan fingerprint density at radius 2 is 1.27 bits per heavy atom. The lowest BCUT2D eigenvalue weighted by molar-refractivity contribution is 0.0999. The Balaban J connectivity index is 0.00000218. The summed E-state index contributed by atoms with van der Waals surface area (Å²) in [6.07, 6.45) is 4.49. The van der Waals surface area contributed by atoms with E-state index < -0.39 is 0 Å². The molecule has 0 unspecified atom stereocenters. The molecule has 0 radical (unpaired) electrons. The maximum atomic E-state index is 13.6. The first-order chi connectivity index (χ1) is 14.3. The molecule has 2 aliphatic heterocycles. The number of benzene rings is 3. The van der Waals surface area contributed by atoms with Crippen molar-refractivity contribution in [3.05, 3.63) is 95.1 Å². The summed E-state index contributed by atoms with van der Waals surface area (Å²) in [5.41, 5.74) is 6.47. The summed E-state index contributed by atoms with van der Waals surface area (Å²) in [4.78, 5) is 18.0. The molecule has 3 aromatic rings. The van der Waals surface area contributed by atoms with E-state index in [1.54, 1.807) is 0 Å². The number of para-hydroxylation sites is 2. The minimum atomic E-state index is 0. The van der Waals surface area contributed by atoms with Gasteiger partial charge in [-0.1, -0.05) is 48.5 Å². The van der Waals surface area contributed by atoms with E-state index in [4.69, 9.17) is 0 Å². The second-order valence-corrected chi connectivity index (χ2v) is 8.08. The van der Waals surface area contributed by atoms with Crippen LogP contribution >= 0.6 is 12.4 Å². The molecule has 2 heterocycles. The monoisotopic (exact) mass is 418 g/mol. The highest BCUT2D eigenvalue weighted by atomic mass is 35.5. The normalized spacial score (nSPS) is 15.7. The Bertz CT molecular complexity index is 978. The van der Waals surface area contributed by atoms with Gasteiger partial charge in [0.05, 0.1) is 11.4 Å². The molecule has 0 bridgehead atoms. The van der Waals surface area contributed by atoms with Gasteiger partial charge in [-0.25, -0.2) is 0 Å². The van der Waals surface area contributed by atoms with E-state index in [9.17, 15) is 4.79 Å². The minimum absolute atomic E-state index is 0. The van der Waals surface area contributed by atoms with Crippen molar-refractivity contribution in [3.8, 4) is 0 Å². The lowest BCUT2D eigenvalue weighted by Crippen LogP contribution is -2.27. The molecule has 0 saturated carbocycles. The van der Waals surface area contributed by atoms with E-state index in [0.29, 0.717) is 0 Å². The fourth-order valence-electron chi connectivity index (χ4n) is 4.58. The fraction of sp³-hybridized carbons (Fsp3) is 0.269. The fourth-order valence-corrected chi connectivity index (χ4v) is 4.58. The third-order valence-electron chi connectivity index (χ3n) is 6.14. The first-order valence-corrected chi connectivity index (χ1v) is 10.6. The summed E-state index contributed by atoms with van der Waals surface area (Å²) in [6, 6.07) is 24.8. The van der Waals surface area contributed by atoms with Gasteiger partial charge in [0.1, 0.15) is 0 Å². The summed E-state index contributed by atoms with van der Waals surface area (Å²) >= 11 is 0. The molecule has 0 aromatic heterocycles. The van der Waals surface area contributed by atoms with Crippen LogP contribution in [0.5, 0.6) is 0 Å². The van der Waals surface area contributed by atoms with E-state index in [2.05, 4.69) is 53.4 Å². The standard InChI is InChI=1S/C26H26N2O.ClH/c29-26(23-13-11-20(12-14-23)19-27-17-5-6-18-27)28-24-9-3-1-7-21(24)15-16-22-8-2-4-10-25(22)28;/h1-4,7-14H,5-6,15-19H2;1H. The van der Waals surface area contributed by atoms with Gasteiger partial charge in [-0.05, 0) is 79.7 Å². The number of anilines is 2. The summed E-state index contributed by atoms with van der Waals surface area (Å²) in [5, 5.41) is 0. The highest BCUT2D eigenvalue weighted by molar-refractivity contribution is 6.12. The number of likely N-dealkylation sites (tertiary alicyclic amines) is 1. The van der Waals surface area contributed by atoms with Crippen LogP contribution in [0, 0.1) is 0 Å². The third-order valence-corrected chi connectivity index (χ3v) is 6.14. The maximum absolute atomic E-state index is 13.6. The number of hydrogen-bond donors (Lipinski definition) is 0. The van der Waals surface area contributed by atoms with Gasteiger partial charge in [0.15, 0.2) is 0 Å². The van der Waals surface area contributed by atoms with E-state index in [0.717, 1.165) is 36.3 Å². The molecule has 0 aliphatic carbocycles. The predicted molar refractivity (Wildman–Crippen MR) is 125 cm³/mol. The van der Waals surface area contributed by atoms with Crippen molar-refractivity contribution in [2.24, 2.45) is 0 Å². The molecule has 0 spiro atoms. The number of hydrogen-bond acceptors (Lipinski definition) is 2. The van der Waals surface area contributed by atoms with Crippen LogP contribution in [0.4, 0.5) is 11.4 Å². The number of nitrogens with zero attached hydrogens (tertiary/aromatic N) is 2. The van der Waals surface area contributed by atoms with Gasteiger partial charge in [-0.15, -0.1) is 12.4 Å². The van der Waals surface area contributed by atoms with Crippen LogP contribution in [0.3, 0.4) is 0 Å². The highest BCUT2D eigenvalue weighted by Crippen LogP contribution is 2.37. The van der Waals surface area contributed by atoms with E-state index in [1.807, 2.05) is 29.2 Å². The molecule has 30 heavy (non-hydrogen) atoms. The van der Waals surface area contributed by atoms with Gasteiger partial charge in [0, 0.05) is 12.1 Å².